The third-order valence-corrected chi connectivity index (χ3v) is 7.04. The molecule has 0 aliphatic heterocycles. The lowest BCUT2D eigenvalue weighted by molar-refractivity contribution is -0.139. The zero-order chi connectivity index (χ0) is 26.0. The van der Waals surface area contributed by atoms with E-state index in [1.807, 2.05) is 28.7 Å². The topological polar surface area (TPSA) is 103 Å². The van der Waals surface area contributed by atoms with Crippen molar-refractivity contribution in [2.75, 3.05) is 0 Å². The molecule has 1 heterocycles. The average Bonchev–Trinajstić information content (AvgIpc) is 2.83. The molecule has 0 aliphatic rings. The zero-order valence-corrected chi connectivity index (χ0v) is 22.7. The van der Waals surface area contributed by atoms with E-state index in [4.69, 9.17) is 40.1 Å². The van der Waals surface area contributed by atoms with Crippen LogP contribution in [0.4, 0.5) is 0 Å². The molecule has 0 radical (unpaired) electrons. The van der Waals surface area contributed by atoms with Crippen molar-refractivity contribution in [3.8, 4) is 17.2 Å². The van der Waals surface area contributed by atoms with Gasteiger partial charge >= 0.3 is 5.97 Å². The van der Waals surface area contributed by atoms with Crippen LogP contribution in [0.25, 0.3) is 22.0 Å². The predicted molar refractivity (Wildman–Crippen MR) is 149 cm³/mol. The number of nitrogens with one attached hydrogen (secondary N) is 1. The van der Waals surface area contributed by atoms with Gasteiger partial charge in [0.1, 0.15) is 6.04 Å². The van der Waals surface area contributed by atoms with Gasteiger partial charge in [-0.3, -0.25) is 9.78 Å². The van der Waals surface area contributed by atoms with Crippen molar-refractivity contribution in [1.82, 2.24) is 10.3 Å². The lowest BCUT2D eigenvalue weighted by atomic mass is 9.94. The van der Waals surface area contributed by atoms with E-state index in [2.05, 4.69) is 16.4 Å². The molecular formula is C26H15Cl3IN3O3. The van der Waals surface area contributed by atoms with Crippen molar-refractivity contribution in [3.63, 3.8) is 0 Å². The molecule has 0 saturated heterocycles. The largest absolute Gasteiger partial charge is 0.480 e. The Morgan fingerprint density at radius 1 is 1.03 bits per heavy atom. The molecule has 10 heteroatoms. The van der Waals surface area contributed by atoms with E-state index in [1.54, 1.807) is 54.7 Å². The highest BCUT2D eigenvalue weighted by Gasteiger charge is 2.25. The summed E-state index contributed by atoms with van der Waals surface area (Å²) in [5.74, 6) is -1.89. The summed E-state index contributed by atoms with van der Waals surface area (Å²) in [5.41, 5.74) is 3.16. The van der Waals surface area contributed by atoms with Crippen LogP contribution in [0.2, 0.25) is 15.1 Å². The maximum Gasteiger partial charge on any atom is 0.326 e. The fourth-order valence-electron chi connectivity index (χ4n) is 3.84. The molecule has 0 saturated carbocycles. The minimum absolute atomic E-state index is 0.00967. The van der Waals surface area contributed by atoms with Gasteiger partial charge in [-0.05, 0) is 58.5 Å². The number of halogens is 4. The first-order valence-corrected chi connectivity index (χ1v) is 12.7. The molecule has 0 spiro atoms. The third-order valence-electron chi connectivity index (χ3n) is 5.51. The molecule has 4 aromatic rings. The number of benzene rings is 3. The highest BCUT2D eigenvalue weighted by molar-refractivity contribution is 14.1. The number of carboxylic acids is 1. The van der Waals surface area contributed by atoms with Crippen LogP contribution in [-0.2, 0) is 11.2 Å². The van der Waals surface area contributed by atoms with Gasteiger partial charge in [0.05, 0.1) is 32.8 Å². The number of nitriles is 1. The summed E-state index contributed by atoms with van der Waals surface area (Å²) in [5, 5.41) is 22.9. The Morgan fingerprint density at radius 3 is 2.36 bits per heavy atom. The SMILES string of the molecule is N#Cc1ccc(-c2ccc(CC(NC(=O)c3c(Cl)cc(I)cc3Cl)C(=O)O)c3cccnc23)c(Cl)c1. The van der Waals surface area contributed by atoms with Crippen LogP contribution < -0.4 is 5.32 Å². The Balaban J connectivity index is 1.70. The smallest absolute Gasteiger partial charge is 0.326 e. The van der Waals surface area contributed by atoms with Gasteiger partial charge in [-0.25, -0.2) is 4.79 Å². The summed E-state index contributed by atoms with van der Waals surface area (Å²) in [4.78, 5) is 29.5. The number of carbonyl (C=O) groups excluding carboxylic acids is 1. The predicted octanol–water partition coefficient (Wildman–Crippen LogP) is 6.76. The maximum atomic E-state index is 12.9. The van der Waals surface area contributed by atoms with Crippen LogP contribution in [0.1, 0.15) is 21.5 Å². The van der Waals surface area contributed by atoms with Crippen LogP contribution in [0.3, 0.4) is 0 Å². The van der Waals surface area contributed by atoms with Crippen molar-refractivity contribution in [1.29, 1.82) is 5.26 Å². The van der Waals surface area contributed by atoms with Crippen molar-refractivity contribution in [2.24, 2.45) is 0 Å². The van der Waals surface area contributed by atoms with Crippen LogP contribution in [0.5, 0.6) is 0 Å². The highest BCUT2D eigenvalue weighted by atomic mass is 127. The van der Waals surface area contributed by atoms with E-state index < -0.39 is 17.9 Å². The molecule has 4 rings (SSSR count). The van der Waals surface area contributed by atoms with Crippen LogP contribution in [-0.4, -0.2) is 28.0 Å². The van der Waals surface area contributed by atoms with Crippen LogP contribution in [0, 0.1) is 14.9 Å². The molecule has 0 bridgehead atoms. The maximum absolute atomic E-state index is 12.9. The molecule has 1 unspecified atom stereocenters. The number of carboxylic acid groups (broad SMARTS) is 1. The second-order valence-corrected chi connectivity index (χ2v) is 10.3. The lowest BCUT2D eigenvalue weighted by Gasteiger charge is -2.18. The Morgan fingerprint density at radius 2 is 1.72 bits per heavy atom. The molecule has 3 aromatic carbocycles. The van der Waals surface area contributed by atoms with Gasteiger partial charge < -0.3 is 10.4 Å². The summed E-state index contributed by atoms with van der Waals surface area (Å²) >= 11 is 20.9. The number of amides is 1. The van der Waals surface area contributed by atoms with Crippen molar-refractivity contribution >= 4 is 80.2 Å². The number of fused-ring (bicyclic) bond motifs is 1. The van der Waals surface area contributed by atoms with E-state index in [1.165, 1.54) is 0 Å². The first kappa shape index (κ1) is 26.2. The van der Waals surface area contributed by atoms with Gasteiger partial charge in [-0.2, -0.15) is 5.26 Å². The number of rotatable bonds is 6. The van der Waals surface area contributed by atoms with Gasteiger partial charge in [0.15, 0.2) is 0 Å². The molecule has 1 amide bonds. The zero-order valence-electron chi connectivity index (χ0n) is 18.2. The molecule has 0 aliphatic carbocycles. The van der Waals surface area contributed by atoms with Gasteiger partial charge in [0.2, 0.25) is 0 Å². The molecule has 180 valence electrons. The summed E-state index contributed by atoms with van der Waals surface area (Å²) < 4.78 is 0.746. The van der Waals surface area contributed by atoms with Crippen LogP contribution in [0.15, 0.2) is 60.8 Å². The Hall–Kier alpha value is -2.90. The van der Waals surface area contributed by atoms with Gasteiger partial charge in [0, 0.05) is 37.7 Å². The number of nitrogens with zero attached hydrogens (tertiary/aromatic N) is 2. The fourth-order valence-corrected chi connectivity index (χ4v) is 5.77. The number of hydrogen-bond acceptors (Lipinski definition) is 4. The number of aliphatic carboxylic acids is 1. The second-order valence-electron chi connectivity index (χ2n) is 7.79. The summed E-state index contributed by atoms with van der Waals surface area (Å²) in [6.45, 7) is 0. The van der Waals surface area contributed by atoms with Gasteiger partial charge in [-0.15, -0.1) is 0 Å². The Labute approximate surface area is 235 Å². The van der Waals surface area contributed by atoms with Gasteiger partial charge in [-0.1, -0.05) is 59.1 Å². The summed E-state index contributed by atoms with van der Waals surface area (Å²) in [6, 6.07) is 16.1. The van der Waals surface area contributed by atoms with E-state index >= 15 is 0 Å². The monoisotopic (exact) mass is 649 g/mol. The quantitative estimate of drug-likeness (QED) is 0.225. The Kier molecular flexibility index (Phi) is 8.00. The van der Waals surface area contributed by atoms with Crippen molar-refractivity contribution < 1.29 is 14.7 Å². The molecule has 1 atom stereocenters. The summed E-state index contributed by atoms with van der Waals surface area (Å²) in [7, 11) is 0. The number of carbonyl (C=O) groups is 2. The first-order valence-electron chi connectivity index (χ1n) is 10.4. The normalized spacial score (nSPS) is 11.6. The van der Waals surface area contributed by atoms with E-state index in [-0.39, 0.29) is 22.0 Å². The minimum Gasteiger partial charge on any atom is -0.480 e. The molecule has 36 heavy (non-hydrogen) atoms. The third kappa shape index (κ3) is 5.42. The van der Waals surface area contributed by atoms with Gasteiger partial charge in [0.25, 0.3) is 5.91 Å². The molecule has 0 fully saturated rings. The average molecular weight is 651 g/mol. The first-order chi connectivity index (χ1) is 17.2. The molecule has 2 N–H and O–H groups in total. The number of pyridine rings is 1. The highest BCUT2D eigenvalue weighted by Crippen LogP contribution is 2.35. The van der Waals surface area contributed by atoms with E-state index in [0.29, 0.717) is 32.6 Å². The lowest BCUT2D eigenvalue weighted by Crippen LogP contribution is -2.42. The standard InChI is InChI=1S/C26H15Cl3IN3O3/c27-19-8-13(12-31)3-5-17(19)18-6-4-14(16-2-1-7-32-24(16)18)9-22(26(35)36)33-25(34)23-20(28)10-15(30)11-21(23)29/h1-8,10-11,22H,9H2,(H,33,34)(H,35,36). The fraction of sp³-hybridized carbons (Fsp3) is 0.0769. The number of hydrogen-bond donors (Lipinski definition) is 2. The van der Waals surface area contributed by atoms with Crippen molar-refractivity contribution in [3.05, 3.63) is 96.1 Å². The van der Waals surface area contributed by atoms with E-state index in [0.717, 1.165) is 9.13 Å². The molecular weight excluding hydrogens is 636 g/mol. The van der Waals surface area contributed by atoms with Crippen molar-refractivity contribution in [2.45, 2.75) is 12.5 Å². The van der Waals surface area contributed by atoms with Crippen LogP contribution >= 0.6 is 57.4 Å². The second kappa shape index (κ2) is 11.0. The molecule has 6 nitrogen and oxygen atoms in total. The van der Waals surface area contributed by atoms with E-state index in [9.17, 15) is 14.7 Å². The summed E-state index contributed by atoms with van der Waals surface area (Å²) in [6.07, 6.45) is 1.62. The number of aromatic nitrogens is 1. The molecule has 1 aromatic heterocycles. The Bertz CT molecular complexity index is 1550. The minimum atomic E-state index is -1.25.